The summed E-state index contributed by atoms with van der Waals surface area (Å²) in [4.78, 5) is 20.3. The lowest BCUT2D eigenvalue weighted by Crippen LogP contribution is -2.43. The zero-order valence-corrected chi connectivity index (χ0v) is 8.02. The van der Waals surface area contributed by atoms with Gasteiger partial charge in [0, 0.05) is 6.54 Å². The molecule has 0 heterocycles. The number of carbonyl (C=O) groups excluding carboxylic acids is 1. The van der Waals surface area contributed by atoms with Crippen molar-refractivity contribution < 1.29 is 41.0 Å². The van der Waals surface area contributed by atoms with Gasteiger partial charge < -0.3 is 10.4 Å². The Bertz CT molecular complexity index is 297. The maximum Gasteiger partial charge on any atom is 0.471 e. The maximum absolute atomic E-state index is 12.1. The Labute approximate surface area is 90.6 Å². The monoisotopic (exact) mass is 267 g/mol. The molecule has 1 amide bonds. The third-order valence-electron chi connectivity index (χ3n) is 1.65. The quantitative estimate of drug-likeness (QED) is 0.755. The minimum atomic E-state index is -5.31. The first kappa shape index (κ1) is 15.5. The van der Waals surface area contributed by atoms with E-state index in [0.29, 0.717) is 0 Å². The summed E-state index contributed by atoms with van der Waals surface area (Å²) in [5, 5.41) is 9.12. The Kier molecular flexibility index (Phi) is 4.78. The summed E-state index contributed by atoms with van der Waals surface area (Å²) in [5.41, 5.74) is 0. The molecular formula is C7H7F6NO3. The Morgan fingerprint density at radius 2 is 1.59 bits per heavy atom. The number of hydrogen-bond donors (Lipinski definition) is 2. The molecule has 100 valence electrons. The van der Waals surface area contributed by atoms with E-state index in [2.05, 4.69) is 0 Å². The van der Waals surface area contributed by atoms with E-state index in [1.807, 2.05) is 0 Å². The lowest BCUT2D eigenvalue weighted by molar-refractivity contribution is -0.187. The van der Waals surface area contributed by atoms with E-state index in [1.165, 1.54) is 0 Å². The van der Waals surface area contributed by atoms with Crippen molar-refractivity contribution in [3.63, 3.8) is 0 Å². The molecule has 0 spiro atoms. The third-order valence-corrected chi connectivity index (χ3v) is 1.65. The van der Waals surface area contributed by atoms with Gasteiger partial charge in [0.15, 0.2) is 0 Å². The van der Waals surface area contributed by atoms with Gasteiger partial charge in [-0.2, -0.15) is 26.3 Å². The van der Waals surface area contributed by atoms with Gasteiger partial charge in [-0.25, -0.2) is 0 Å². The van der Waals surface area contributed by atoms with Crippen LogP contribution < -0.4 is 5.32 Å². The standard InChI is InChI=1S/C7H7F6NO3/c8-6(9,10)3(1-4(15)16)2-14-5(17)7(11,12)13/h3H,1-2H2,(H,14,17)(H,15,16). The van der Waals surface area contributed by atoms with Gasteiger partial charge >= 0.3 is 24.2 Å². The number of alkyl halides is 6. The maximum atomic E-state index is 12.1. The molecule has 1 atom stereocenters. The lowest BCUT2D eigenvalue weighted by atomic mass is 10.1. The van der Waals surface area contributed by atoms with Crippen LogP contribution in [0.25, 0.3) is 0 Å². The molecule has 0 bridgehead atoms. The Morgan fingerprint density at radius 1 is 1.12 bits per heavy atom. The molecule has 0 rings (SSSR count). The predicted molar refractivity (Wildman–Crippen MR) is 40.9 cm³/mol. The zero-order valence-electron chi connectivity index (χ0n) is 8.02. The molecule has 0 aromatic carbocycles. The average molecular weight is 267 g/mol. The Balaban J connectivity index is 4.48. The fraction of sp³-hybridized carbons (Fsp3) is 0.714. The highest BCUT2D eigenvalue weighted by atomic mass is 19.4. The summed E-state index contributed by atoms with van der Waals surface area (Å²) < 4.78 is 71.3. The highest BCUT2D eigenvalue weighted by Crippen LogP contribution is 2.28. The molecule has 17 heavy (non-hydrogen) atoms. The average Bonchev–Trinajstić information content (AvgIpc) is 2.07. The minimum absolute atomic E-state index is 0.987. The molecule has 0 aromatic heterocycles. The third kappa shape index (κ3) is 5.97. The SMILES string of the molecule is O=C(O)CC(CNC(=O)C(F)(F)F)C(F)(F)F. The fourth-order valence-electron chi connectivity index (χ4n) is 0.831. The number of carboxylic acid groups (broad SMARTS) is 1. The molecule has 1 unspecified atom stereocenters. The smallest absolute Gasteiger partial charge is 0.471 e. The van der Waals surface area contributed by atoms with Crippen LogP contribution in [0.2, 0.25) is 0 Å². The van der Waals surface area contributed by atoms with Crippen LogP contribution in [0.3, 0.4) is 0 Å². The fourth-order valence-corrected chi connectivity index (χ4v) is 0.831. The van der Waals surface area contributed by atoms with Crippen LogP contribution in [-0.4, -0.2) is 35.9 Å². The van der Waals surface area contributed by atoms with E-state index in [1.54, 1.807) is 0 Å². The molecule has 0 saturated carbocycles. The van der Waals surface area contributed by atoms with E-state index in [-0.39, 0.29) is 0 Å². The number of halogens is 6. The second kappa shape index (κ2) is 5.23. The first-order valence-corrected chi connectivity index (χ1v) is 4.08. The summed E-state index contributed by atoms with van der Waals surface area (Å²) in [5.74, 6) is -6.93. The van der Waals surface area contributed by atoms with Crippen LogP contribution in [0.4, 0.5) is 26.3 Å². The van der Waals surface area contributed by atoms with Crippen molar-refractivity contribution in [3.8, 4) is 0 Å². The van der Waals surface area contributed by atoms with Crippen LogP contribution in [0, 0.1) is 5.92 Å². The molecule has 0 fully saturated rings. The number of carbonyl (C=O) groups is 2. The number of aliphatic carboxylic acids is 1. The number of carboxylic acids is 1. The van der Waals surface area contributed by atoms with E-state index in [0.717, 1.165) is 5.32 Å². The second-order valence-corrected chi connectivity index (χ2v) is 3.04. The molecule has 0 aromatic rings. The van der Waals surface area contributed by atoms with Crippen molar-refractivity contribution >= 4 is 11.9 Å². The summed E-state index contributed by atoms with van der Waals surface area (Å²) in [6.07, 6.45) is -11.7. The van der Waals surface area contributed by atoms with Crippen molar-refractivity contribution in [1.29, 1.82) is 0 Å². The zero-order chi connectivity index (χ0) is 13.9. The molecule has 2 N–H and O–H groups in total. The lowest BCUT2D eigenvalue weighted by Gasteiger charge is -2.19. The second-order valence-electron chi connectivity index (χ2n) is 3.04. The van der Waals surface area contributed by atoms with Gasteiger partial charge in [-0.15, -0.1) is 0 Å². The van der Waals surface area contributed by atoms with Gasteiger partial charge in [0.05, 0.1) is 12.3 Å². The minimum Gasteiger partial charge on any atom is -0.481 e. The molecule has 0 radical (unpaired) electrons. The van der Waals surface area contributed by atoms with E-state index >= 15 is 0 Å². The molecule has 0 aliphatic carbocycles. The number of hydrogen-bond acceptors (Lipinski definition) is 2. The van der Waals surface area contributed by atoms with Crippen molar-refractivity contribution in [3.05, 3.63) is 0 Å². The van der Waals surface area contributed by atoms with Gasteiger partial charge in [-0.1, -0.05) is 0 Å². The summed E-state index contributed by atoms with van der Waals surface area (Å²) in [6, 6.07) is 0. The predicted octanol–water partition coefficient (Wildman–Crippen LogP) is 1.32. The molecule has 4 nitrogen and oxygen atoms in total. The summed E-state index contributed by atoms with van der Waals surface area (Å²) in [7, 11) is 0. The first-order valence-electron chi connectivity index (χ1n) is 4.08. The molecule has 0 aliphatic rings. The normalized spacial score (nSPS) is 14.2. The van der Waals surface area contributed by atoms with Gasteiger partial charge in [-0.3, -0.25) is 9.59 Å². The van der Waals surface area contributed by atoms with Gasteiger partial charge in [0.2, 0.25) is 0 Å². The topological polar surface area (TPSA) is 66.4 Å². The highest BCUT2D eigenvalue weighted by Gasteiger charge is 2.44. The Hall–Kier alpha value is -1.48. The van der Waals surface area contributed by atoms with Crippen LogP contribution >= 0.6 is 0 Å². The van der Waals surface area contributed by atoms with Crippen molar-refractivity contribution in [2.24, 2.45) is 5.92 Å². The molecule has 0 saturated heterocycles. The number of nitrogens with one attached hydrogen (secondary N) is 1. The van der Waals surface area contributed by atoms with E-state index < -0.39 is 43.1 Å². The summed E-state index contributed by atoms with van der Waals surface area (Å²) >= 11 is 0. The largest absolute Gasteiger partial charge is 0.481 e. The van der Waals surface area contributed by atoms with Crippen molar-refractivity contribution in [2.75, 3.05) is 6.54 Å². The van der Waals surface area contributed by atoms with Crippen molar-refractivity contribution in [1.82, 2.24) is 5.32 Å². The summed E-state index contributed by atoms with van der Waals surface area (Å²) in [6.45, 7) is -1.44. The highest BCUT2D eigenvalue weighted by molar-refractivity contribution is 5.81. The van der Waals surface area contributed by atoms with E-state index in [9.17, 15) is 35.9 Å². The first-order chi connectivity index (χ1) is 7.44. The molecular weight excluding hydrogens is 260 g/mol. The van der Waals surface area contributed by atoms with Gasteiger partial charge in [0.25, 0.3) is 0 Å². The number of rotatable bonds is 4. The van der Waals surface area contributed by atoms with Crippen LogP contribution in [-0.2, 0) is 9.59 Å². The number of amides is 1. The van der Waals surface area contributed by atoms with Crippen LogP contribution in [0.5, 0.6) is 0 Å². The van der Waals surface area contributed by atoms with E-state index in [4.69, 9.17) is 5.11 Å². The van der Waals surface area contributed by atoms with Crippen LogP contribution in [0.1, 0.15) is 6.42 Å². The van der Waals surface area contributed by atoms with Crippen molar-refractivity contribution in [2.45, 2.75) is 18.8 Å². The van der Waals surface area contributed by atoms with Crippen LogP contribution in [0.15, 0.2) is 0 Å². The molecule has 0 aliphatic heterocycles. The van der Waals surface area contributed by atoms with Gasteiger partial charge in [-0.05, 0) is 0 Å². The Morgan fingerprint density at radius 3 is 1.88 bits per heavy atom. The van der Waals surface area contributed by atoms with Gasteiger partial charge in [0.1, 0.15) is 0 Å². The molecule has 10 heteroatoms.